The van der Waals surface area contributed by atoms with Crippen LogP contribution in [0, 0.1) is 5.92 Å². The first kappa shape index (κ1) is 26.0. The van der Waals surface area contributed by atoms with E-state index in [4.69, 9.17) is 0 Å². The topological polar surface area (TPSA) is 3.24 Å². The first-order chi connectivity index (χ1) is 13.7. The van der Waals surface area contributed by atoms with E-state index < -0.39 is 0 Å². The number of allylic oxidation sites excluding steroid dienone is 1. The van der Waals surface area contributed by atoms with Crippen LogP contribution >= 0.6 is 0 Å². The zero-order valence-corrected chi connectivity index (χ0v) is 20.7. The minimum absolute atomic E-state index is 0.544. The summed E-state index contributed by atoms with van der Waals surface area (Å²) in [4.78, 5) is 2.78. The van der Waals surface area contributed by atoms with Crippen LogP contribution in [-0.2, 0) is 6.42 Å². The van der Waals surface area contributed by atoms with Crippen molar-refractivity contribution in [3.63, 3.8) is 0 Å². The fraction of sp³-hybridized carbons (Fsp3) is 0.704. The van der Waals surface area contributed by atoms with Gasteiger partial charge < -0.3 is 4.81 Å². The van der Waals surface area contributed by atoms with E-state index in [-0.39, 0.29) is 0 Å². The highest BCUT2D eigenvalue weighted by Crippen LogP contribution is 2.35. The van der Waals surface area contributed by atoms with Gasteiger partial charge in [-0.1, -0.05) is 105 Å². The summed E-state index contributed by atoms with van der Waals surface area (Å²) in [7, 11) is 0. The van der Waals surface area contributed by atoms with E-state index in [9.17, 15) is 0 Å². The first-order valence-electron chi connectivity index (χ1n) is 12.2. The van der Waals surface area contributed by atoms with E-state index >= 15 is 0 Å². The molecule has 1 aromatic carbocycles. The molecular formula is C27H48BN. The minimum atomic E-state index is 0.544. The second-order valence-electron chi connectivity index (χ2n) is 9.85. The Labute approximate surface area is 183 Å². The van der Waals surface area contributed by atoms with Crippen molar-refractivity contribution in [3.8, 4) is 0 Å². The molecule has 0 spiro atoms. The van der Waals surface area contributed by atoms with Crippen LogP contribution in [0.1, 0.15) is 104 Å². The molecule has 0 aromatic heterocycles. The highest BCUT2D eigenvalue weighted by molar-refractivity contribution is 6.59. The van der Waals surface area contributed by atoms with E-state index in [0.717, 1.165) is 18.8 Å². The molecule has 1 nitrogen and oxygen atoms in total. The van der Waals surface area contributed by atoms with Gasteiger partial charge in [-0.2, -0.15) is 0 Å². The molecular weight excluding hydrogens is 349 g/mol. The molecule has 0 heterocycles. The van der Waals surface area contributed by atoms with Crippen molar-refractivity contribution in [1.82, 2.24) is 4.81 Å². The quantitative estimate of drug-likeness (QED) is 0.174. The summed E-state index contributed by atoms with van der Waals surface area (Å²) in [5, 5.41) is 0. The molecule has 29 heavy (non-hydrogen) atoms. The van der Waals surface area contributed by atoms with Crippen LogP contribution in [0.5, 0.6) is 0 Å². The van der Waals surface area contributed by atoms with Gasteiger partial charge in [-0.25, -0.2) is 0 Å². The summed E-state index contributed by atoms with van der Waals surface area (Å²) in [6, 6.07) is 10.2. The number of hydrogen-bond donors (Lipinski definition) is 0. The van der Waals surface area contributed by atoms with Gasteiger partial charge in [0.1, 0.15) is 0 Å². The lowest BCUT2D eigenvalue weighted by Crippen LogP contribution is -2.53. The molecule has 0 saturated carbocycles. The minimum Gasteiger partial charge on any atom is -0.337 e. The van der Waals surface area contributed by atoms with Gasteiger partial charge in [-0.3, -0.25) is 0 Å². The Morgan fingerprint density at radius 1 is 0.931 bits per heavy atom. The second-order valence-corrected chi connectivity index (χ2v) is 9.85. The average molecular weight is 398 g/mol. The molecule has 3 atom stereocenters. The van der Waals surface area contributed by atoms with Crippen LogP contribution in [0.3, 0.4) is 0 Å². The third kappa shape index (κ3) is 7.97. The maximum atomic E-state index is 3.86. The van der Waals surface area contributed by atoms with Crippen LogP contribution < -0.4 is 0 Å². The molecule has 0 aliphatic rings. The van der Waals surface area contributed by atoms with Gasteiger partial charge in [0.15, 0.2) is 0 Å². The van der Waals surface area contributed by atoms with Crippen molar-refractivity contribution >= 4 is 6.85 Å². The van der Waals surface area contributed by atoms with Crippen molar-refractivity contribution in [2.45, 2.75) is 118 Å². The van der Waals surface area contributed by atoms with Crippen LogP contribution in [0.15, 0.2) is 36.9 Å². The molecule has 0 saturated heterocycles. The molecule has 0 bridgehead atoms. The summed E-state index contributed by atoms with van der Waals surface area (Å²) < 4.78 is 0. The second kappa shape index (κ2) is 13.3. The molecule has 0 fully saturated rings. The van der Waals surface area contributed by atoms with E-state index in [2.05, 4.69) is 97.1 Å². The van der Waals surface area contributed by atoms with Gasteiger partial charge in [0, 0.05) is 0 Å². The third-order valence-corrected chi connectivity index (χ3v) is 6.78. The third-order valence-electron chi connectivity index (χ3n) is 6.78. The molecule has 0 aliphatic carbocycles. The monoisotopic (exact) mass is 397 g/mol. The van der Waals surface area contributed by atoms with Gasteiger partial charge in [0.05, 0.1) is 0 Å². The number of nitrogens with zero attached hydrogens (tertiary/aromatic N) is 1. The van der Waals surface area contributed by atoms with Gasteiger partial charge in [0.25, 0.3) is 0 Å². The predicted octanol–water partition coefficient (Wildman–Crippen LogP) is 8.16. The average Bonchev–Trinajstić information content (AvgIpc) is 2.69. The number of rotatable bonds is 14. The van der Waals surface area contributed by atoms with Gasteiger partial charge in [-0.15, -0.1) is 6.58 Å². The van der Waals surface area contributed by atoms with Gasteiger partial charge >= 0.3 is 0 Å². The van der Waals surface area contributed by atoms with Crippen LogP contribution in [-0.4, -0.2) is 23.7 Å². The molecule has 1 aromatic rings. The van der Waals surface area contributed by atoms with Crippen molar-refractivity contribution in [1.29, 1.82) is 0 Å². The Morgan fingerprint density at radius 3 is 2.10 bits per heavy atom. The molecule has 164 valence electrons. The highest BCUT2D eigenvalue weighted by Gasteiger charge is 2.37. The molecule has 0 radical (unpaired) electrons. The first-order valence-corrected chi connectivity index (χ1v) is 12.2. The fourth-order valence-electron chi connectivity index (χ4n) is 5.29. The van der Waals surface area contributed by atoms with Crippen LogP contribution in [0.25, 0.3) is 0 Å². The van der Waals surface area contributed by atoms with Crippen LogP contribution in [0.4, 0.5) is 0 Å². The Hall–Kier alpha value is -1.02. The number of benzene rings is 1. The standard InChI is InChI=1S/C27H48BN/c1-10-12-13-16-23(7)19-20-24(8)28(29(21(3)4)22(5)6)25(9)27-18-15-14-17-26(27)11-2/h10,14-15,17-18,21-25H,1,11-13,16,19-20H2,2-9H3. The van der Waals surface area contributed by atoms with Crippen molar-refractivity contribution < 1.29 is 0 Å². The summed E-state index contributed by atoms with van der Waals surface area (Å²) in [6.45, 7) is 23.6. The zero-order chi connectivity index (χ0) is 22.0. The maximum Gasteiger partial charge on any atom is 0.234 e. The Kier molecular flexibility index (Phi) is 12.0. The Morgan fingerprint density at radius 2 is 1.55 bits per heavy atom. The van der Waals surface area contributed by atoms with E-state index in [1.807, 2.05) is 0 Å². The SMILES string of the molecule is C=CCCCC(C)CCC(C)B(C(C)c1ccccc1CC)N(C(C)C)C(C)C. The largest absolute Gasteiger partial charge is 0.337 e. The maximum absolute atomic E-state index is 3.86. The van der Waals surface area contributed by atoms with E-state index in [1.54, 1.807) is 5.56 Å². The summed E-state index contributed by atoms with van der Waals surface area (Å²) in [6.07, 6.45) is 9.59. The van der Waals surface area contributed by atoms with Crippen LogP contribution in [0.2, 0.25) is 5.82 Å². The van der Waals surface area contributed by atoms with E-state index in [0.29, 0.717) is 30.6 Å². The Balaban J connectivity index is 3.05. The predicted molar refractivity (Wildman–Crippen MR) is 134 cm³/mol. The molecule has 2 heteroatoms. The summed E-state index contributed by atoms with van der Waals surface area (Å²) in [5.41, 5.74) is 3.07. The summed E-state index contributed by atoms with van der Waals surface area (Å²) in [5.74, 6) is 2.03. The molecule has 0 amide bonds. The molecule has 3 unspecified atom stereocenters. The molecule has 1 rings (SSSR count). The number of aryl methyl sites for hydroxylation is 1. The van der Waals surface area contributed by atoms with Crippen molar-refractivity contribution in [3.05, 3.63) is 48.0 Å². The molecule has 0 N–H and O–H groups in total. The number of unbranched alkanes of at least 4 members (excludes halogenated alkanes) is 1. The molecule has 0 aliphatic heterocycles. The smallest absolute Gasteiger partial charge is 0.234 e. The fourth-order valence-corrected chi connectivity index (χ4v) is 5.29. The van der Waals surface area contributed by atoms with Gasteiger partial charge in [0.2, 0.25) is 6.85 Å². The summed E-state index contributed by atoms with van der Waals surface area (Å²) >= 11 is 0. The normalized spacial score (nSPS) is 15.0. The van der Waals surface area contributed by atoms with Gasteiger partial charge in [-0.05, 0) is 60.0 Å². The van der Waals surface area contributed by atoms with Crippen molar-refractivity contribution in [2.24, 2.45) is 5.92 Å². The highest BCUT2D eigenvalue weighted by atomic mass is 15.1. The van der Waals surface area contributed by atoms with E-state index in [1.165, 1.54) is 31.2 Å². The number of hydrogen-bond acceptors (Lipinski definition) is 1. The Bertz CT molecular complexity index is 572. The zero-order valence-electron chi connectivity index (χ0n) is 20.7. The lowest BCUT2D eigenvalue weighted by molar-refractivity contribution is 0.290. The van der Waals surface area contributed by atoms with Crippen molar-refractivity contribution in [2.75, 3.05) is 0 Å². The lowest BCUT2D eigenvalue weighted by atomic mass is 9.39. The lowest BCUT2D eigenvalue weighted by Gasteiger charge is -2.43.